The molecule has 1 aliphatic carbocycles. The highest BCUT2D eigenvalue weighted by Gasteiger charge is 2.27. The number of Topliss-reactive ketones (excluding diaryl/α,β-unsaturated/α-hetero) is 1. The first kappa shape index (κ1) is 21.4. The van der Waals surface area contributed by atoms with Gasteiger partial charge in [-0.2, -0.15) is 4.98 Å². The molecule has 0 bridgehead atoms. The van der Waals surface area contributed by atoms with Gasteiger partial charge >= 0.3 is 11.8 Å². The van der Waals surface area contributed by atoms with Crippen molar-refractivity contribution in [2.24, 2.45) is 11.8 Å². The molecule has 0 radical (unpaired) electrons. The van der Waals surface area contributed by atoms with Gasteiger partial charge in [0.05, 0.1) is 11.4 Å². The lowest BCUT2D eigenvalue weighted by Crippen LogP contribution is -2.31. The fourth-order valence-electron chi connectivity index (χ4n) is 4.39. The Morgan fingerprint density at radius 1 is 1.13 bits per heavy atom. The van der Waals surface area contributed by atoms with Crippen LogP contribution in [0.4, 0.5) is 0 Å². The molecule has 0 saturated heterocycles. The van der Waals surface area contributed by atoms with E-state index in [1.54, 1.807) is 0 Å². The minimum Gasteiger partial charge on any atom is -0.341 e. The highest BCUT2D eigenvalue weighted by atomic mass is 32.1. The molecular formula is C24H27N3O3S. The molecule has 0 spiro atoms. The quantitative estimate of drug-likeness (QED) is 0.530. The van der Waals surface area contributed by atoms with Crippen molar-refractivity contribution in [3.8, 4) is 10.7 Å². The number of aromatic nitrogens is 2. The Morgan fingerprint density at radius 2 is 1.90 bits per heavy atom. The molecule has 1 unspecified atom stereocenters. The Morgan fingerprint density at radius 3 is 2.61 bits per heavy atom. The number of ketones is 1. The summed E-state index contributed by atoms with van der Waals surface area (Å²) in [5.74, 6) is 1.42. The lowest BCUT2D eigenvalue weighted by Gasteiger charge is -2.32. The maximum atomic E-state index is 12.4. The lowest BCUT2D eigenvalue weighted by molar-refractivity contribution is -0.119. The van der Waals surface area contributed by atoms with Gasteiger partial charge in [-0.05, 0) is 60.4 Å². The number of hydrogen-bond acceptors (Lipinski definition) is 6. The predicted octanol–water partition coefficient (Wildman–Crippen LogP) is 5.10. The summed E-state index contributed by atoms with van der Waals surface area (Å²) >= 11 is 1.47. The van der Waals surface area contributed by atoms with E-state index in [2.05, 4.69) is 52.7 Å². The Hall–Kier alpha value is -2.80. The van der Waals surface area contributed by atoms with Gasteiger partial charge in [-0.3, -0.25) is 9.59 Å². The molecule has 1 atom stereocenters. The van der Waals surface area contributed by atoms with E-state index < -0.39 is 5.91 Å². The number of carbonyl (C=O) groups is 2. The van der Waals surface area contributed by atoms with E-state index in [4.69, 9.17) is 4.52 Å². The van der Waals surface area contributed by atoms with Crippen LogP contribution in [-0.2, 0) is 4.79 Å². The number of carbonyl (C=O) groups excluding carboxylic acids is 2. The van der Waals surface area contributed by atoms with Crippen molar-refractivity contribution in [3.05, 3.63) is 59.3 Å². The Bertz CT molecular complexity index is 992. The molecule has 1 N–H and O–H groups in total. The average Bonchev–Trinajstić information content (AvgIpc) is 3.50. The van der Waals surface area contributed by atoms with Gasteiger partial charge in [0.15, 0.2) is 5.78 Å². The molecule has 162 valence electrons. The Labute approximate surface area is 186 Å². The molecular weight excluding hydrogens is 410 g/mol. The summed E-state index contributed by atoms with van der Waals surface area (Å²) in [6.45, 7) is 2.30. The largest absolute Gasteiger partial charge is 0.341 e. The van der Waals surface area contributed by atoms with Crippen LogP contribution in [-0.4, -0.2) is 28.4 Å². The number of nitrogens with zero attached hydrogens (tertiary/aromatic N) is 2. The van der Waals surface area contributed by atoms with Gasteiger partial charge in [-0.15, -0.1) is 11.3 Å². The van der Waals surface area contributed by atoms with Crippen LogP contribution in [0.15, 0.2) is 52.4 Å². The summed E-state index contributed by atoms with van der Waals surface area (Å²) in [4.78, 5) is 29.6. The van der Waals surface area contributed by atoms with Crippen LogP contribution >= 0.6 is 11.3 Å². The fraction of sp³-hybridized carbons (Fsp3) is 0.417. The maximum absolute atomic E-state index is 12.4. The maximum Gasteiger partial charge on any atom is 0.316 e. The number of rotatable bonds is 8. The summed E-state index contributed by atoms with van der Waals surface area (Å²) in [7, 11) is 0. The molecule has 1 aromatic carbocycles. The van der Waals surface area contributed by atoms with Crippen LogP contribution in [0.3, 0.4) is 0 Å². The van der Waals surface area contributed by atoms with Crippen molar-refractivity contribution in [2.45, 2.75) is 44.9 Å². The number of hydrogen-bond donors (Lipinski definition) is 1. The van der Waals surface area contributed by atoms with Gasteiger partial charge < -0.3 is 9.84 Å². The van der Waals surface area contributed by atoms with Crippen LogP contribution in [0.5, 0.6) is 0 Å². The number of thiophene rings is 1. The van der Waals surface area contributed by atoms with Crippen LogP contribution < -0.4 is 5.32 Å². The van der Waals surface area contributed by atoms with Crippen LogP contribution in [0.2, 0.25) is 0 Å². The third-order valence-corrected chi connectivity index (χ3v) is 7.11. The van der Waals surface area contributed by atoms with Gasteiger partial charge in [-0.1, -0.05) is 48.5 Å². The molecule has 2 aromatic heterocycles. The second-order valence-corrected chi connectivity index (χ2v) is 9.25. The van der Waals surface area contributed by atoms with E-state index >= 15 is 0 Å². The van der Waals surface area contributed by atoms with Crippen LogP contribution in [0.25, 0.3) is 10.7 Å². The highest BCUT2D eigenvalue weighted by molar-refractivity contribution is 7.13. The van der Waals surface area contributed by atoms with Gasteiger partial charge in [0.2, 0.25) is 5.82 Å². The molecule has 2 heterocycles. The lowest BCUT2D eigenvalue weighted by atomic mass is 9.73. The molecule has 1 aliphatic rings. The number of amides is 1. The molecule has 31 heavy (non-hydrogen) atoms. The SMILES string of the molecule is CC(c1ccccc1)C1CCC(CC(=O)CNC(=O)c2nc(-c3cccs3)no2)CC1. The normalized spacial score (nSPS) is 19.6. The molecule has 1 fully saturated rings. The molecule has 4 rings (SSSR count). The number of nitrogens with one attached hydrogen (secondary N) is 1. The third kappa shape index (κ3) is 5.47. The van der Waals surface area contributed by atoms with Crippen molar-refractivity contribution in [2.75, 3.05) is 6.54 Å². The molecule has 0 aliphatic heterocycles. The highest BCUT2D eigenvalue weighted by Crippen LogP contribution is 2.39. The smallest absolute Gasteiger partial charge is 0.316 e. The molecule has 7 heteroatoms. The standard InChI is InChI=1S/C24H27N3O3S/c1-16(18-6-3-2-4-7-18)19-11-9-17(10-12-19)14-20(28)15-25-23(29)24-26-22(27-30-24)21-8-5-13-31-21/h2-8,13,16-17,19H,9-12,14-15H2,1H3,(H,25,29). The van der Waals surface area contributed by atoms with Crippen molar-refractivity contribution in [3.63, 3.8) is 0 Å². The van der Waals surface area contributed by atoms with Gasteiger partial charge in [0, 0.05) is 6.42 Å². The zero-order valence-corrected chi connectivity index (χ0v) is 18.4. The second-order valence-electron chi connectivity index (χ2n) is 8.31. The first-order chi connectivity index (χ1) is 15.1. The van der Waals surface area contributed by atoms with Crippen molar-refractivity contribution in [1.82, 2.24) is 15.5 Å². The molecule has 1 amide bonds. The van der Waals surface area contributed by atoms with E-state index in [1.807, 2.05) is 17.5 Å². The minimum atomic E-state index is -0.510. The average molecular weight is 438 g/mol. The predicted molar refractivity (Wildman–Crippen MR) is 120 cm³/mol. The van der Waals surface area contributed by atoms with E-state index in [1.165, 1.54) is 16.9 Å². The Kier molecular flexibility index (Phi) is 6.92. The first-order valence-corrected chi connectivity index (χ1v) is 11.7. The third-order valence-electron chi connectivity index (χ3n) is 6.25. The monoisotopic (exact) mass is 437 g/mol. The molecule has 6 nitrogen and oxygen atoms in total. The number of benzene rings is 1. The summed E-state index contributed by atoms with van der Waals surface area (Å²) in [5.41, 5.74) is 1.40. The summed E-state index contributed by atoms with van der Waals surface area (Å²) in [6.07, 6.45) is 4.93. The topological polar surface area (TPSA) is 85.1 Å². The first-order valence-electron chi connectivity index (χ1n) is 10.8. The second kappa shape index (κ2) is 10.0. The van der Waals surface area contributed by atoms with Gasteiger partial charge in [-0.25, -0.2) is 0 Å². The van der Waals surface area contributed by atoms with Crippen molar-refractivity contribution >= 4 is 23.0 Å². The minimum absolute atomic E-state index is 0.00407. The zero-order chi connectivity index (χ0) is 21.6. The van der Waals surface area contributed by atoms with E-state index in [0.29, 0.717) is 30.0 Å². The summed E-state index contributed by atoms with van der Waals surface area (Å²) in [6, 6.07) is 14.4. The van der Waals surface area contributed by atoms with Gasteiger partial charge in [0.1, 0.15) is 0 Å². The van der Waals surface area contributed by atoms with E-state index in [9.17, 15) is 9.59 Å². The Balaban J connectivity index is 1.20. The van der Waals surface area contributed by atoms with Crippen molar-refractivity contribution in [1.29, 1.82) is 0 Å². The van der Waals surface area contributed by atoms with E-state index in [-0.39, 0.29) is 18.2 Å². The van der Waals surface area contributed by atoms with Crippen LogP contribution in [0.1, 0.15) is 61.2 Å². The summed E-state index contributed by atoms with van der Waals surface area (Å²) < 4.78 is 5.03. The van der Waals surface area contributed by atoms with Crippen molar-refractivity contribution < 1.29 is 14.1 Å². The molecule has 1 saturated carbocycles. The molecule has 3 aromatic rings. The zero-order valence-electron chi connectivity index (χ0n) is 17.6. The van der Waals surface area contributed by atoms with E-state index in [0.717, 1.165) is 30.6 Å². The fourth-order valence-corrected chi connectivity index (χ4v) is 5.04. The summed E-state index contributed by atoms with van der Waals surface area (Å²) in [5, 5.41) is 8.34. The van der Waals surface area contributed by atoms with Crippen LogP contribution in [0, 0.1) is 11.8 Å². The van der Waals surface area contributed by atoms with Gasteiger partial charge in [0.25, 0.3) is 0 Å².